The van der Waals surface area contributed by atoms with Gasteiger partial charge in [0.2, 0.25) is 5.71 Å². The third kappa shape index (κ3) is 2.45. The highest BCUT2D eigenvalue weighted by molar-refractivity contribution is 6.18. The van der Waals surface area contributed by atoms with Crippen molar-refractivity contribution in [2.75, 3.05) is 0 Å². The van der Waals surface area contributed by atoms with E-state index < -0.39 is 0 Å². The van der Waals surface area contributed by atoms with Crippen molar-refractivity contribution in [3.8, 4) is 0 Å². The fourth-order valence-electron chi connectivity index (χ4n) is 3.62. The Morgan fingerprint density at radius 1 is 0.846 bits per heavy atom. The molecule has 0 fully saturated rings. The molecular formula is C23H25NO2. The summed E-state index contributed by atoms with van der Waals surface area (Å²) in [5, 5.41) is 3.70. The van der Waals surface area contributed by atoms with Crippen molar-refractivity contribution in [2.45, 2.75) is 52.4 Å². The van der Waals surface area contributed by atoms with E-state index in [0.29, 0.717) is 11.1 Å². The van der Waals surface area contributed by atoms with Crippen LogP contribution in [0.4, 0.5) is 0 Å². The molecule has 2 aromatic carbocycles. The van der Waals surface area contributed by atoms with E-state index in [0.717, 1.165) is 21.7 Å². The first-order valence-electron chi connectivity index (χ1n) is 9.09. The van der Waals surface area contributed by atoms with Gasteiger partial charge in [-0.25, -0.2) is 0 Å². The van der Waals surface area contributed by atoms with Gasteiger partial charge in [0.25, 0.3) is 5.56 Å². The molecule has 4 aromatic rings. The van der Waals surface area contributed by atoms with Gasteiger partial charge in [-0.3, -0.25) is 9.78 Å². The molecule has 4 rings (SSSR count). The minimum absolute atomic E-state index is 0.0236. The fraction of sp³-hybridized carbons (Fsp3) is 0.348. The molecule has 0 spiro atoms. The van der Waals surface area contributed by atoms with Crippen LogP contribution in [-0.4, -0.2) is 4.98 Å². The van der Waals surface area contributed by atoms with Crippen LogP contribution in [0.25, 0.3) is 32.8 Å². The second-order valence-electron chi connectivity index (χ2n) is 9.21. The molecule has 134 valence electrons. The van der Waals surface area contributed by atoms with Crippen LogP contribution in [0.3, 0.4) is 0 Å². The van der Waals surface area contributed by atoms with E-state index in [1.807, 2.05) is 24.3 Å². The van der Waals surface area contributed by atoms with Gasteiger partial charge in [0, 0.05) is 21.7 Å². The van der Waals surface area contributed by atoms with E-state index in [9.17, 15) is 4.79 Å². The molecule has 0 aliphatic carbocycles. The predicted molar refractivity (Wildman–Crippen MR) is 109 cm³/mol. The van der Waals surface area contributed by atoms with E-state index in [4.69, 9.17) is 4.42 Å². The van der Waals surface area contributed by atoms with Crippen molar-refractivity contribution in [3.05, 3.63) is 57.9 Å². The third-order valence-electron chi connectivity index (χ3n) is 5.13. The minimum Gasteiger partial charge on any atom is -0.439 e. The Balaban J connectivity index is 2.29. The van der Waals surface area contributed by atoms with Crippen LogP contribution >= 0.6 is 0 Å². The predicted octanol–water partition coefficient (Wildman–Crippen LogP) is 6.02. The zero-order chi connectivity index (χ0) is 18.9. The van der Waals surface area contributed by atoms with Gasteiger partial charge in [0.1, 0.15) is 5.58 Å². The Bertz CT molecular complexity index is 1210. The Kier molecular flexibility index (Phi) is 3.40. The van der Waals surface area contributed by atoms with Gasteiger partial charge < -0.3 is 4.42 Å². The quantitative estimate of drug-likeness (QED) is 0.422. The lowest BCUT2D eigenvalue weighted by molar-refractivity contribution is 0.557. The number of fused-ring (bicyclic) bond motifs is 5. The molecule has 0 saturated carbocycles. The number of pyridine rings is 1. The zero-order valence-electron chi connectivity index (χ0n) is 16.3. The standard InChI is InChI=1S/C23H25NO2/c1-22(2,3)13-11-16-18-14-9-7-8-10-15(14)20(25)24-21(18)26-19(16)17(12-13)23(4,5)6/h7-12H,1-6H3,(H,24,25). The molecule has 0 saturated heterocycles. The summed E-state index contributed by atoms with van der Waals surface area (Å²) in [5.74, 6) is 0. The monoisotopic (exact) mass is 347 g/mol. The van der Waals surface area contributed by atoms with Gasteiger partial charge in [-0.2, -0.15) is 0 Å². The summed E-state index contributed by atoms with van der Waals surface area (Å²) in [7, 11) is 0. The molecule has 26 heavy (non-hydrogen) atoms. The lowest BCUT2D eigenvalue weighted by atomic mass is 9.79. The summed E-state index contributed by atoms with van der Waals surface area (Å²) in [6.45, 7) is 13.3. The number of aromatic amines is 1. The van der Waals surface area contributed by atoms with Gasteiger partial charge in [-0.15, -0.1) is 0 Å². The molecule has 0 unspecified atom stereocenters. The van der Waals surface area contributed by atoms with E-state index in [-0.39, 0.29) is 16.4 Å². The largest absolute Gasteiger partial charge is 0.439 e. The first-order valence-corrected chi connectivity index (χ1v) is 9.09. The Morgan fingerprint density at radius 3 is 2.12 bits per heavy atom. The number of rotatable bonds is 0. The molecule has 2 aromatic heterocycles. The van der Waals surface area contributed by atoms with Crippen molar-refractivity contribution >= 4 is 32.8 Å². The van der Waals surface area contributed by atoms with Gasteiger partial charge in [0.05, 0.1) is 5.39 Å². The summed E-state index contributed by atoms with van der Waals surface area (Å²) in [4.78, 5) is 15.4. The average Bonchev–Trinajstić information content (AvgIpc) is 2.90. The Hall–Kier alpha value is -2.55. The highest BCUT2D eigenvalue weighted by Gasteiger charge is 2.26. The Morgan fingerprint density at radius 2 is 1.50 bits per heavy atom. The first kappa shape index (κ1) is 16.9. The molecule has 0 amide bonds. The van der Waals surface area contributed by atoms with E-state index >= 15 is 0 Å². The summed E-state index contributed by atoms with van der Waals surface area (Å²) in [6.07, 6.45) is 0. The molecule has 0 bridgehead atoms. The van der Waals surface area contributed by atoms with Crippen LogP contribution in [0, 0.1) is 0 Å². The molecular weight excluding hydrogens is 322 g/mol. The van der Waals surface area contributed by atoms with Crippen LogP contribution in [0.1, 0.15) is 52.7 Å². The number of furan rings is 1. The van der Waals surface area contributed by atoms with Crippen LogP contribution < -0.4 is 5.56 Å². The molecule has 0 aliphatic rings. The number of hydrogen-bond donors (Lipinski definition) is 1. The summed E-state index contributed by atoms with van der Waals surface area (Å²) >= 11 is 0. The van der Waals surface area contributed by atoms with E-state index in [1.165, 1.54) is 11.1 Å². The highest BCUT2D eigenvalue weighted by Crippen LogP contribution is 2.40. The summed E-state index contributed by atoms with van der Waals surface area (Å²) in [5.41, 5.74) is 3.71. The molecule has 0 radical (unpaired) electrons. The number of nitrogens with one attached hydrogen (secondary N) is 1. The number of hydrogen-bond acceptors (Lipinski definition) is 2. The smallest absolute Gasteiger partial charge is 0.258 e. The molecule has 2 heterocycles. The fourth-order valence-corrected chi connectivity index (χ4v) is 3.62. The lowest BCUT2D eigenvalue weighted by Crippen LogP contribution is -2.16. The first-order chi connectivity index (χ1) is 12.1. The highest BCUT2D eigenvalue weighted by atomic mass is 16.3. The number of H-pyrrole nitrogens is 1. The normalized spacial score (nSPS) is 13.2. The van der Waals surface area contributed by atoms with Gasteiger partial charge in [0.15, 0.2) is 0 Å². The molecule has 3 nitrogen and oxygen atoms in total. The zero-order valence-corrected chi connectivity index (χ0v) is 16.3. The van der Waals surface area contributed by atoms with Crippen molar-refractivity contribution in [3.63, 3.8) is 0 Å². The van der Waals surface area contributed by atoms with Crippen molar-refractivity contribution in [1.82, 2.24) is 4.98 Å². The maximum Gasteiger partial charge on any atom is 0.258 e. The van der Waals surface area contributed by atoms with E-state index in [2.05, 4.69) is 58.7 Å². The minimum atomic E-state index is -0.111. The average molecular weight is 347 g/mol. The topological polar surface area (TPSA) is 46.0 Å². The molecule has 1 N–H and O–H groups in total. The van der Waals surface area contributed by atoms with Gasteiger partial charge in [-0.05, 0) is 28.5 Å². The van der Waals surface area contributed by atoms with Gasteiger partial charge in [-0.1, -0.05) is 65.8 Å². The van der Waals surface area contributed by atoms with Crippen LogP contribution in [0.15, 0.2) is 45.6 Å². The summed E-state index contributed by atoms with van der Waals surface area (Å²) < 4.78 is 6.21. The molecule has 0 aliphatic heterocycles. The number of benzene rings is 2. The van der Waals surface area contributed by atoms with Crippen molar-refractivity contribution in [2.24, 2.45) is 0 Å². The van der Waals surface area contributed by atoms with Crippen molar-refractivity contribution < 1.29 is 4.42 Å². The Labute approximate surface area is 153 Å². The third-order valence-corrected chi connectivity index (χ3v) is 5.13. The van der Waals surface area contributed by atoms with Crippen molar-refractivity contribution in [1.29, 1.82) is 0 Å². The lowest BCUT2D eigenvalue weighted by Gasteiger charge is -2.25. The van der Waals surface area contributed by atoms with Crippen LogP contribution in [0.2, 0.25) is 0 Å². The van der Waals surface area contributed by atoms with Gasteiger partial charge >= 0.3 is 0 Å². The maximum absolute atomic E-state index is 12.5. The second-order valence-corrected chi connectivity index (χ2v) is 9.21. The second kappa shape index (κ2) is 5.23. The van der Waals surface area contributed by atoms with Crippen LogP contribution in [-0.2, 0) is 10.8 Å². The SMILES string of the molecule is CC(C)(C)c1cc(C(C)(C)C)c2oc3[nH]c(=O)c4ccccc4c3c2c1. The van der Waals surface area contributed by atoms with E-state index in [1.54, 1.807) is 0 Å². The molecule has 0 atom stereocenters. The number of aromatic nitrogens is 1. The maximum atomic E-state index is 12.5. The van der Waals surface area contributed by atoms with Crippen LogP contribution in [0.5, 0.6) is 0 Å². The summed E-state index contributed by atoms with van der Waals surface area (Å²) in [6, 6.07) is 12.2. The molecule has 3 heteroatoms.